The Morgan fingerprint density at radius 2 is 1.85 bits per heavy atom. The minimum Gasteiger partial charge on any atom is -0.491 e. The van der Waals surface area contributed by atoms with E-state index in [-0.39, 0.29) is 12.2 Å². The average Bonchev–Trinajstić information content (AvgIpc) is 2.56. The second-order valence-electron chi connectivity index (χ2n) is 8.85. The second-order valence-corrected chi connectivity index (χ2v) is 8.85. The van der Waals surface area contributed by atoms with Crippen LogP contribution in [-0.2, 0) is 11.3 Å². The predicted octanol–water partition coefficient (Wildman–Crippen LogP) is 4.55. The summed E-state index contributed by atoms with van der Waals surface area (Å²) in [6.45, 7) is 13.6. The molecule has 1 aromatic carbocycles. The zero-order chi connectivity index (χ0) is 20.0. The normalized spacial score (nSPS) is 16.4. The Labute approximate surface area is 164 Å². The highest BCUT2D eigenvalue weighted by atomic mass is 16.6. The molecule has 27 heavy (non-hydrogen) atoms. The molecule has 1 aromatic rings. The van der Waals surface area contributed by atoms with Gasteiger partial charge in [-0.2, -0.15) is 0 Å². The first-order valence-electron chi connectivity index (χ1n) is 10.0. The number of amides is 1. The Balaban J connectivity index is 1.81. The summed E-state index contributed by atoms with van der Waals surface area (Å²) < 4.78 is 11.4. The summed E-state index contributed by atoms with van der Waals surface area (Å²) in [4.78, 5) is 16.3. The summed E-state index contributed by atoms with van der Waals surface area (Å²) in [6.07, 6.45) is 2.14. The topological polar surface area (TPSA) is 42.0 Å². The van der Waals surface area contributed by atoms with Gasteiger partial charge in [-0.05, 0) is 72.5 Å². The molecule has 0 spiro atoms. The van der Waals surface area contributed by atoms with E-state index in [1.165, 1.54) is 5.56 Å². The molecule has 1 heterocycles. The fourth-order valence-corrected chi connectivity index (χ4v) is 3.37. The Morgan fingerprint density at radius 3 is 2.44 bits per heavy atom. The van der Waals surface area contributed by atoms with Crippen molar-refractivity contribution in [2.45, 2.75) is 65.7 Å². The van der Waals surface area contributed by atoms with Crippen LogP contribution in [0.25, 0.3) is 0 Å². The Hall–Kier alpha value is -1.75. The SMILES string of the molecule is CC(C)Oc1ccccc1CN1CCC(CN(C)C(=O)OC(C)(C)C)CC1. The van der Waals surface area contributed by atoms with Gasteiger partial charge in [0.05, 0.1) is 6.10 Å². The van der Waals surface area contributed by atoms with Crippen LogP contribution in [0.2, 0.25) is 0 Å². The number of rotatable bonds is 6. The zero-order valence-electron chi connectivity index (χ0n) is 17.8. The number of nitrogens with zero attached hydrogens (tertiary/aromatic N) is 2. The number of hydrogen-bond donors (Lipinski definition) is 0. The molecule has 1 amide bonds. The van der Waals surface area contributed by atoms with Gasteiger partial charge in [-0.25, -0.2) is 4.79 Å². The molecule has 1 aliphatic heterocycles. The molecule has 1 fully saturated rings. The third-order valence-electron chi connectivity index (χ3n) is 4.67. The van der Waals surface area contributed by atoms with Gasteiger partial charge in [0.2, 0.25) is 0 Å². The number of benzene rings is 1. The molecule has 1 saturated heterocycles. The molecule has 0 bridgehead atoms. The highest BCUT2D eigenvalue weighted by molar-refractivity contribution is 5.67. The molecule has 0 aliphatic carbocycles. The fourth-order valence-electron chi connectivity index (χ4n) is 3.37. The van der Waals surface area contributed by atoms with E-state index in [0.717, 1.165) is 44.8 Å². The van der Waals surface area contributed by atoms with E-state index < -0.39 is 5.60 Å². The molecule has 152 valence electrons. The highest BCUT2D eigenvalue weighted by Gasteiger charge is 2.25. The molecule has 5 nitrogen and oxygen atoms in total. The van der Waals surface area contributed by atoms with Gasteiger partial charge in [0.15, 0.2) is 0 Å². The third-order valence-corrected chi connectivity index (χ3v) is 4.67. The van der Waals surface area contributed by atoms with Crippen molar-refractivity contribution in [2.24, 2.45) is 5.92 Å². The molecule has 2 rings (SSSR count). The largest absolute Gasteiger partial charge is 0.491 e. The van der Waals surface area contributed by atoms with Gasteiger partial charge in [-0.3, -0.25) is 4.90 Å². The molecule has 1 aliphatic rings. The van der Waals surface area contributed by atoms with Gasteiger partial charge in [-0.15, -0.1) is 0 Å². The number of para-hydroxylation sites is 1. The lowest BCUT2D eigenvalue weighted by Crippen LogP contribution is -2.41. The first kappa shape index (κ1) is 21.5. The van der Waals surface area contributed by atoms with Crippen molar-refractivity contribution in [1.29, 1.82) is 0 Å². The molecule has 0 unspecified atom stereocenters. The van der Waals surface area contributed by atoms with Crippen LogP contribution in [0.3, 0.4) is 0 Å². The predicted molar refractivity (Wildman–Crippen MR) is 109 cm³/mol. The lowest BCUT2D eigenvalue weighted by atomic mass is 9.96. The first-order valence-corrected chi connectivity index (χ1v) is 10.0. The van der Waals surface area contributed by atoms with E-state index in [1.807, 2.05) is 33.9 Å². The number of ether oxygens (including phenoxy) is 2. The van der Waals surface area contributed by atoms with Gasteiger partial charge in [0.25, 0.3) is 0 Å². The van der Waals surface area contributed by atoms with E-state index in [0.29, 0.717) is 5.92 Å². The van der Waals surface area contributed by atoms with Gasteiger partial charge in [0.1, 0.15) is 11.4 Å². The van der Waals surface area contributed by atoms with Crippen molar-refractivity contribution < 1.29 is 14.3 Å². The number of carbonyl (C=O) groups is 1. The van der Waals surface area contributed by atoms with Gasteiger partial charge < -0.3 is 14.4 Å². The Morgan fingerprint density at radius 1 is 1.22 bits per heavy atom. The number of likely N-dealkylation sites (tertiary alicyclic amines) is 1. The van der Waals surface area contributed by atoms with Crippen LogP contribution in [0.4, 0.5) is 4.79 Å². The molecular weight excluding hydrogens is 340 g/mol. The summed E-state index contributed by atoms with van der Waals surface area (Å²) in [7, 11) is 1.83. The van der Waals surface area contributed by atoms with Crippen molar-refractivity contribution in [1.82, 2.24) is 9.80 Å². The van der Waals surface area contributed by atoms with Crippen LogP contribution >= 0.6 is 0 Å². The summed E-state index contributed by atoms with van der Waals surface area (Å²) in [5, 5.41) is 0. The lowest BCUT2D eigenvalue weighted by Gasteiger charge is -2.34. The van der Waals surface area contributed by atoms with E-state index >= 15 is 0 Å². The summed E-state index contributed by atoms with van der Waals surface area (Å²) in [6, 6.07) is 8.31. The van der Waals surface area contributed by atoms with E-state index in [4.69, 9.17) is 9.47 Å². The summed E-state index contributed by atoms with van der Waals surface area (Å²) in [5.41, 5.74) is 0.802. The van der Waals surface area contributed by atoms with Crippen LogP contribution in [0.5, 0.6) is 5.75 Å². The average molecular weight is 377 g/mol. The smallest absolute Gasteiger partial charge is 0.410 e. The summed E-state index contributed by atoms with van der Waals surface area (Å²) >= 11 is 0. The minimum absolute atomic E-state index is 0.181. The Bertz CT molecular complexity index is 602. The molecular formula is C22H36N2O3. The van der Waals surface area contributed by atoms with Crippen LogP contribution in [-0.4, -0.2) is 54.3 Å². The van der Waals surface area contributed by atoms with Crippen LogP contribution < -0.4 is 4.74 Å². The zero-order valence-corrected chi connectivity index (χ0v) is 17.8. The highest BCUT2D eigenvalue weighted by Crippen LogP contribution is 2.25. The van der Waals surface area contributed by atoms with Gasteiger partial charge >= 0.3 is 6.09 Å². The van der Waals surface area contributed by atoms with Crippen molar-refractivity contribution in [3.63, 3.8) is 0 Å². The molecule has 0 atom stereocenters. The monoisotopic (exact) mass is 376 g/mol. The number of hydrogen-bond acceptors (Lipinski definition) is 4. The van der Waals surface area contributed by atoms with Gasteiger partial charge in [-0.1, -0.05) is 18.2 Å². The molecule has 0 aromatic heterocycles. The lowest BCUT2D eigenvalue weighted by molar-refractivity contribution is 0.0248. The van der Waals surface area contributed by atoms with Crippen LogP contribution in [0.1, 0.15) is 53.0 Å². The van der Waals surface area contributed by atoms with Crippen molar-refractivity contribution in [3.05, 3.63) is 29.8 Å². The standard InChI is InChI=1S/C22H36N2O3/c1-17(2)26-20-10-8-7-9-19(20)16-24-13-11-18(12-14-24)15-23(6)21(25)27-22(3,4)5/h7-10,17-18H,11-16H2,1-6H3. The maximum absolute atomic E-state index is 12.1. The first-order chi connectivity index (χ1) is 12.6. The van der Waals surface area contributed by atoms with Crippen LogP contribution in [0, 0.1) is 5.92 Å². The maximum atomic E-state index is 12.1. The van der Waals surface area contributed by atoms with Gasteiger partial charge in [0, 0.05) is 25.7 Å². The maximum Gasteiger partial charge on any atom is 0.410 e. The van der Waals surface area contributed by atoms with Crippen molar-refractivity contribution >= 4 is 6.09 Å². The molecule has 5 heteroatoms. The quantitative estimate of drug-likeness (QED) is 0.730. The van der Waals surface area contributed by atoms with E-state index in [1.54, 1.807) is 4.90 Å². The number of carbonyl (C=O) groups excluding carboxylic acids is 1. The number of piperidine rings is 1. The van der Waals surface area contributed by atoms with E-state index in [9.17, 15) is 4.79 Å². The van der Waals surface area contributed by atoms with Crippen molar-refractivity contribution in [2.75, 3.05) is 26.7 Å². The second kappa shape index (κ2) is 9.45. The van der Waals surface area contributed by atoms with E-state index in [2.05, 4.69) is 36.9 Å². The summed E-state index contributed by atoms with van der Waals surface area (Å²) in [5.74, 6) is 1.51. The van der Waals surface area contributed by atoms with Crippen LogP contribution in [0.15, 0.2) is 24.3 Å². The molecule has 0 radical (unpaired) electrons. The third kappa shape index (κ3) is 7.41. The fraction of sp³-hybridized carbons (Fsp3) is 0.682. The molecule has 0 saturated carbocycles. The molecule has 0 N–H and O–H groups in total. The Kier molecular flexibility index (Phi) is 7.54. The minimum atomic E-state index is -0.444. The van der Waals surface area contributed by atoms with Crippen molar-refractivity contribution in [3.8, 4) is 5.75 Å².